The van der Waals surface area contributed by atoms with Crippen molar-refractivity contribution < 1.29 is 9.53 Å². The van der Waals surface area contributed by atoms with E-state index in [2.05, 4.69) is 0 Å². The highest BCUT2D eigenvalue weighted by Gasteiger charge is 2.31. The number of ether oxygens (including phenoxy) is 1. The Balaban J connectivity index is 2.22. The van der Waals surface area contributed by atoms with Gasteiger partial charge < -0.3 is 15.4 Å². The van der Waals surface area contributed by atoms with Gasteiger partial charge in [-0.05, 0) is 31.5 Å². The van der Waals surface area contributed by atoms with Gasteiger partial charge in [-0.25, -0.2) is 0 Å². The van der Waals surface area contributed by atoms with Crippen LogP contribution in [0.25, 0.3) is 0 Å². The summed E-state index contributed by atoms with van der Waals surface area (Å²) in [5.74, 6) is -0.114. The Bertz CT molecular complexity index is 464. The first-order chi connectivity index (χ1) is 8.50. The number of rotatable bonds is 2. The molecule has 0 radical (unpaired) electrons. The van der Waals surface area contributed by atoms with E-state index >= 15 is 0 Å². The van der Waals surface area contributed by atoms with Crippen molar-refractivity contribution in [3.63, 3.8) is 0 Å². The second-order valence-corrected chi connectivity index (χ2v) is 5.02. The van der Waals surface area contributed by atoms with Crippen LogP contribution < -0.4 is 5.73 Å². The molecule has 2 atom stereocenters. The molecule has 1 aromatic rings. The number of nitrogens with zero attached hydrogens (tertiary/aromatic N) is 1. The number of nitrogen functional groups attached to an aromatic ring is 1. The van der Waals surface area contributed by atoms with Gasteiger partial charge in [0, 0.05) is 24.4 Å². The lowest BCUT2D eigenvalue weighted by molar-refractivity contribution is 0.0575. The minimum atomic E-state index is -0.114. The molecule has 1 saturated heterocycles. The van der Waals surface area contributed by atoms with Crippen LogP contribution in [0.3, 0.4) is 0 Å². The van der Waals surface area contributed by atoms with Crippen LogP contribution in [0.4, 0.5) is 5.69 Å². The zero-order chi connectivity index (χ0) is 13.3. The monoisotopic (exact) mass is 268 g/mol. The van der Waals surface area contributed by atoms with E-state index in [0.29, 0.717) is 22.9 Å². The number of benzene rings is 1. The highest BCUT2D eigenvalue weighted by molar-refractivity contribution is 6.31. The second-order valence-electron chi connectivity index (χ2n) is 4.58. The van der Waals surface area contributed by atoms with E-state index in [0.717, 1.165) is 6.42 Å². The van der Waals surface area contributed by atoms with Gasteiger partial charge in [-0.2, -0.15) is 0 Å². The maximum Gasteiger partial charge on any atom is 0.256 e. The Labute approximate surface area is 112 Å². The summed E-state index contributed by atoms with van der Waals surface area (Å²) >= 11 is 5.90. The molecule has 2 N–H and O–H groups in total. The van der Waals surface area contributed by atoms with Crippen molar-refractivity contribution in [1.29, 1.82) is 0 Å². The Morgan fingerprint density at radius 1 is 1.56 bits per heavy atom. The molecule has 0 bridgehead atoms. The molecule has 0 aliphatic carbocycles. The Morgan fingerprint density at radius 2 is 2.28 bits per heavy atom. The van der Waals surface area contributed by atoms with E-state index in [1.807, 2.05) is 6.92 Å². The molecule has 1 fully saturated rings. The highest BCUT2D eigenvalue weighted by atomic mass is 35.5. The summed E-state index contributed by atoms with van der Waals surface area (Å²) in [5, 5.41) is 0.511. The van der Waals surface area contributed by atoms with Crippen LogP contribution in [0, 0.1) is 0 Å². The van der Waals surface area contributed by atoms with Gasteiger partial charge in [0.25, 0.3) is 5.91 Å². The first kappa shape index (κ1) is 13.2. The molecule has 2 rings (SSSR count). The van der Waals surface area contributed by atoms with E-state index in [-0.39, 0.29) is 18.1 Å². The molecular weight excluding hydrogens is 252 g/mol. The Morgan fingerprint density at radius 3 is 2.89 bits per heavy atom. The molecule has 2 unspecified atom stereocenters. The number of hydrogen-bond donors (Lipinski definition) is 1. The van der Waals surface area contributed by atoms with Crippen LogP contribution in [0.1, 0.15) is 23.7 Å². The number of amides is 1. The Hall–Kier alpha value is -1.26. The fourth-order valence-electron chi connectivity index (χ4n) is 2.28. The van der Waals surface area contributed by atoms with E-state index in [4.69, 9.17) is 22.1 Å². The van der Waals surface area contributed by atoms with Crippen LogP contribution in [0.15, 0.2) is 18.2 Å². The molecule has 0 saturated carbocycles. The predicted octanol–water partition coefficient (Wildman–Crippen LogP) is 2.17. The average molecular weight is 269 g/mol. The summed E-state index contributed by atoms with van der Waals surface area (Å²) in [7, 11) is 1.78. The molecule has 1 amide bonds. The van der Waals surface area contributed by atoms with Crippen molar-refractivity contribution in [2.24, 2.45) is 0 Å². The SMILES string of the molecule is CC1OCCC1N(C)C(=O)c1cc(Cl)ccc1N. The molecule has 98 valence electrons. The van der Waals surface area contributed by atoms with Gasteiger partial charge >= 0.3 is 0 Å². The van der Waals surface area contributed by atoms with Crippen molar-refractivity contribution in [2.75, 3.05) is 19.4 Å². The summed E-state index contributed by atoms with van der Waals surface area (Å²) in [4.78, 5) is 14.1. The summed E-state index contributed by atoms with van der Waals surface area (Å²) < 4.78 is 5.48. The number of carbonyl (C=O) groups is 1. The molecule has 4 nitrogen and oxygen atoms in total. The zero-order valence-corrected chi connectivity index (χ0v) is 11.3. The summed E-state index contributed by atoms with van der Waals surface area (Å²) in [6, 6.07) is 5.03. The third-order valence-corrected chi connectivity index (χ3v) is 3.63. The fraction of sp³-hybridized carbons (Fsp3) is 0.462. The molecule has 1 heterocycles. The van der Waals surface area contributed by atoms with Crippen LogP contribution in [-0.2, 0) is 4.74 Å². The maximum atomic E-state index is 12.4. The first-order valence-corrected chi connectivity index (χ1v) is 6.32. The lowest BCUT2D eigenvalue weighted by Gasteiger charge is -2.27. The van der Waals surface area contributed by atoms with Gasteiger partial charge in [0.1, 0.15) is 0 Å². The second kappa shape index (κ2) is 5.16. The summed E-state index contributed by atoms with van der Waals surface area (Å²) in [6.07, 6.45) is 0.906. The topological polar surface area (TPSA) is 55.6 Å². The van der Waals surface area contributed by atoms with Crippen LogP contribution in [0.5, 0.6) is 0 Å². The largest absolute Gasteiger partial charge is 0.398 e. The van der Waals surface area contributed by atoms with Crippen LogP contribution in [-0.4, -0.2) is 36.6 Å². The molecular formula is C13H17ClN2O2. The third kappa shape index (κ3) is 2.44. The minimum Gasteiger partial charge on any atom is -0.398 e. The van der Waals surface area contributed by atoms with E-state index < -0.39 is 0 Å². The van der Waals surface area contributed by atoms with Crippen LogP contribution >= 0.6 is 11.6 Å². The lowest BCUT2D eigenvalue weighted by Crippen LogP contribution is -2.41. The van der Waals surface area contributed by atoms with Crippen molar-refractivity contribution in [3.8, 4) is 0 Å². The number of carbonyl (C=O) groups excluding carboxylic acids is 1. The third-order valence-electron chi connectivity index (χ3n) is 3.40. The average Bonchev–Trinajstić information content (AvgIpc) is 2.77. The minimum absolute atomic E-state index is 0.0550. The molecule has 0 spiro atoms. The summed E-state index contributed by atoms with van der Waals surface area (Å²) in [6.45, 7) is 2.66. The van der Waals surface area contributed by atoms with Gasteiger partial charge in [0.2, 0.25) is 0 Å². The quantitative estimate of drug-likeness (QED) is 0.837. The van der Waals surface area contributed by atoms with Gasteiger partial charge in [-0.15, -0.1) is 0 Å². The lowest BCUT2D eigenvalue weighted by atomic mass is 10.1. The summed E-state index contributed by atoms with van der Waals surface area (Å²) in [5.41, 5.74) is 6.72. The molecule has 1 aliphatic rings. The number of hydrogen-bond acceptors (Lipinski definition) is 3. The smallest absolute Gasteiger partial charge is 0.256 e. The first-order valence-electron chi connectivity index (χ1n) is 5.94. The molecule has 1 aromatic carbocycles. The number of halogens is 1. The van der Waals surface area contributed by atoms with Crippen molar-refractivity contribution in [3.05, 3.63) is 28.8 Å². The standard InChI is InChI=1S/C13H17ClN2O2/c1-8-12(5-6-18-8)16(2)13(17)10-7-9(14)3-4-11(10)15/h3-4,7-8,12H,5-6,15H2,1-2H3. The Kier molecular flexibility index (Phi) is 3.78. The zero-order valence-electron chi connectivity index (χ0n) is 10.5. The van der Waals surface area contributed by atoms with E-state index in [1.54, 1.807) is 30.1 Å². The van der Waals surface area contributed by atoms with Gasteiger partial charge in [0.05, 0.1) is 17.7 Å². The molecule has 1 aliphatic heterocycles. The van der Waals surface area contributed by atoms with Gasteiger partial charge in [-0.1, -0.05) is 11.6 Å². The van der Waals surface area contributed by atoms with Crippen molar-refractivity contribution in [1.82, 2.24) is 4.90 Å². The van der Waals surface area contributed by atoms with Crippen molar-refractivity contribution in [2.45, 2.75) is 25.5 Å². The van der Waals surface area contributed by atoms with E-state index in [1.165, 1.54) is 0 Å². The maximum absolute atomic E-state index is 12.4. The van der Waals surface area contributed by atoms with Crippen molar-refractivity contribution >= 4 is 23.2 Å². The number of likely N-dealkylation sites (N-methyl/N-ethyl adjacent to an activating group) is 1. The normalized spacial score (nSPS) is 23.1. The van der Waals surface area contributed by atoms with Gasteiger partial charge in [-0.3, -0.25) is 4.79 Å². The number of anilines is 1. The molecule has 5 heteroatoms. The van der Waals surface area contributed by atoms with E-state index in [9.17, 15) is 4.79 Å². The number of nitrogens with two attached hydrogens (primary N) is 1. The fourth-order valence-corrected chi connectivity index (χ4v) is 2.46. The predicted molar refractivity (Wildman–Crippen MR) is 71.8 cm³/mol. The molecule has 0 aromatic heterocycles. The van der Waals surface area contributed by atoms with Crippen LogP contribution in [0.2, 0.25) is 5.02 Å². The molecule has 18 heavy (non-hydrogen) atoms. The highest BCUT2D eigenvalue weighted by Crippen LogP contribution is 2.24. The van der Waals surface area contributed by atoms with Gasteiger partial charge in [0.15, 0.2) is 0 Å².